The number of carbonyl (C=O) groups excluding carboxylic acids is 1. The van der Waals surface area contributed by atoms with E-state index in [1.54, 1.807) is 12.1 Å². The Balaban J connectivity index is 2.05. The summed E-state index contributed by atoms with van der Waals surface area (Å²) in [4.78, 5) is 36.5. The van der Waals surface area contributed by atoms with E-state index in [0.29, 0.717) is 0 Å². The predicted octanol–water partition coefficient (Wildman–Crippen LogP) is 3.16. The summed E-state index contributed by atoms with van der Waals surface area (Å²) in [6.45, 7) is 1.86. The lowest BCUT2D eigenvalue weighted by Crippen LogP contribution is -2.06. The second kappa shape index (κ2) is 6.55. The molecule has 0 fully saturated rings. The van der Waals surface area contributed by atoms with Gasteiger partial charge < -0.3 is 4.74 Å². The van der Waals surface area contributed by atoms with E-state index in [0.717, 1.165) is 29.3 Å². The van der Waals surface area contributed by atoms with Gasteiger partial charge >= 0.3 is 5.97 Å². The number of esters is 1. The number of hydrogen-bond donors (Lipinski definition) is 0. The van der Waals surface area contributed by atoms with Crippen LogP contribution in [0.5, 0.6) is 0 Å². The van der Waals surface area contributed by atoms with Crippen molar-refractivity contribution in [1.29, 1.82) is 0 Å². The van der Waals surface area contributed by atoms with E-state index in [2.05, 4.69) is 4.99 Å². The molecular formula is C17H11N3O6. The van der Waals surface area contributed by atoms with Gasteiger partial charge in [-0.3, -0.25) is 20.2 Å². The number of rotatable bonds is 4. The third-order valence-corrected chi connectivity index (χ3v) is 3.67. The van der Waals surface area contributed by atoms with Crippen LogP contribution in [0, 0.1) is 27.2 Å². The zero-order valence-corrected chi connectivity index (χ0v) is 13.4. The highest BCUT2D eigenvalue weighted by Crippen LogP contribution is 2.26. The molecule has 1 heterocycles. The van der Waals surface area contributed by atoms with Crippen LogP contribution in [0.3, 0.4) is 0 Å². The van der Waals surface area contributed by atoms with Gasteiger partial charge in [0.1, 0.15) is 0 Å². The Morgan fingerprint density at radius 3 is 2.23 bits per heavy atom. The molecule has 0 unspecified atom stereocenters. The summed E-state index contributed by atoms with van der Waals surface area (Å²) in [6.07, 6.45) is 1.52. The average Bonchev–Trinajstić information content (AvgIpc) is 2.97. The van der Waals surface area contributed by atoms with Gasteiger partial charge in [-0.2, -0.15) is 0 Å². The van der Waals surface area contributed by atoms with Crippen molar-refractivity contribution in [1.82, 2.24) is 0 Å². The molecule has 9 heteroatoms. The van der Waals surface area contributed by atoms with Crippen LogP contribution in [0.2, 0.25) is 0 Å². The van der Waals surface area contributed by atoms with Crippen LogP contribution >= 0.6 is 0 Å². The molecule has 0 aromatic heterocycles. The molecule has 0 atom stereocenters. The van der Waals surface area contributed by atoms with Crippen LogP contribution in [-0.4, -0.2) is 21.7 Å². The molecule has 0 saturated carbocycles. The lowest BCUT2D eigenvalue weighted by atomic mass is 10.1. The molecule has 26 heavy (non-hydrogen) atoms. The average molecular weight is 353 g/mol. The lowest BCUT2D eigenvalue weighted by Gasteiger charge is -2.00. The second-order valence-electron chi connectivity index (χ2n) is 5.44. The van der Waals surface area contributed by atoms with Gasteiger partial charge in [0, 0.05) is 12.1 Å². The molecule has 0 bridgehead atoms. The van der Waals surface area contributed by atoms with E-state index in [1.807, 2.05) is 19.1 Å². The molecule has 0 N–H and O–H groups in total. The number of aliphatic imine (C=N–C) groups is 1. The van der Waals surface area contributed by atoms with Crippen LogP contribution in [0.1, 0.15) is 16.7 Å². The number of nitro benzene ring substituents is 2. The first-order chi connectivity index (χ1) is 12.3. The third-order valence-electron chi connectivity index (χ3n) is 3.67. The van der Waals surface area contributed by atoms with Crippen molar-refractivity contribution in [3.8, 4) is 0 Å². The van der Waals surface area contributed by atoms with Crippen molar-refractivity contribution in [3.63, 3.8) is 0 Å². The first-order valence-corrected chi connectivity index (χ1v) is 7.37. The first-order valence-electron chi connectivity index (χ1n) is 7.37. The number of benzene rings is 2. The SMILES string of the molecule is Cc1ccccc1C=C1N=C(c2cc([N+](=O)[O-])cc([N+](=O)[O-])c2)OC1=O. The minimum Gasteiger partial charge on any atom is -0.402 e. The Morgan fingerprint density at radius 2 is 1.65 bits per heavy atom. The van der Waals surface area contributed by atoms with Crippen molar-refractivity contribution in [2.75, 3.05) is 0 Å². The maximum atomic E-state index is 12.0. The summed E-state index contributed by atoms with van der Waals surface area (Å²) >= 11 is 0. The number of cyclic esters (lactones) is 1. The molecule has 1 aliphatic rings. The van der Waals surface area contributed by atoms with Crippen molar-refractivity contribution in [2.45, 2.75) is 6.92 Å². The number of nitro groups is 2. The van der Waals surface area contributed by atoms with E-state index in [9.17, 15) is 25.0 Å². The normalized spacial score (nSPS) is 14.9. The lowest BCUT2D eigenvalue weighted by molar-refractivity contribution is -0.394. The Hall–Kier alpha value is -3.88. The van der Waals surface area contributed by atoms with Gasteiger partial charge in [-0.1, -0.05) is 24.3 Å². The topological polar surface area (TPSA) is 125 Å². The zero-order chi connectivity index (χ0) is 18.8. The third kappa shape index (κ3) is 3.31. The molecule has 0 radical (unpaired) electrons. The van der Waals surface area contributed by atoms with Crippen LogP contribution in [0.25, 0.3) is 6.08 Å². The highest BCUT2D eigenvalue weighted by molar-refractivity contribution is 6.13. The molecule has 130 valence electrons. The summed E-state index contributed by atoms with van der Waals surface area (Å²) in [5.74, 6) is -0.959. The molecule has 2 aromatic rings. The van der Waals surface area contributed by atoms with Crippen molar-refractivity contribution in [3.05, 3.63) is 85.1 Å². The quantitative estimate of drug-likeness (QED) is 0.360. The molecule has 1 aliphatic heterocycles. The largest absolute Gasteiger partial charge is 0.402 e. The highest BCUT2D eigenvalue weighted by Gasteiger charge is 2.27. The number of carbonyl (C=O) groups is 1. The summed E-state index contributed by atoms with van der Waals surface area (Å²) in [5, 5.41) is 21.9. The fraction of sp³-hybridized carbons (Fsp3) is 0.0588. The van der Waals surface area contributed by atoms with E-state index in [1.165, 1.54) is 6.08 Å². The minimum absolute atomic E-state index is 0.00320. The predicted molar refractivity (Wildman–Crippen MR) is 91.5 cm³/mol. The van der Waals surface area contributed by atoms with Gasteiger partial charge in [-0.05, 0) is 24.1 Å². The summed E-state index contributed by atoms with van der Waals surface area (Å²) < 4.78 is 5.04. The smallest absolute Gasteiger partial charge is 0.363 e. The highest BCUT2D eigenvalue weighted by atomic mass is 16.6. The molecule has 9 nitrogen and oxygen atoms in total. The molecule has 0 aliphatic carbocycles. The minimum atomic E-state index is -0.766. The Kier molecular flexibility index (Phi) is 4.27. The maximum Gasteiger partial charge on any atom is 0.363 e. The van der Waals surface area contributed by atoms with Crippen LogP contribution in [0.4, 0.5) is 11.4 Å². The summed E-state index contributed by atoms with van der Waals surface area (Å²) in [5.41, 5.74) is 0.668. The summed E-state index contributed by atoms with van der Waals surface area (Å²) in [6, 6.07) is 10.3. The van der Waals surface area contributed by atoms with Gasteiger partial charge in [-0.25, -0.2) is 9.79 Å². The maximum absolute atomic E-state index is 12.0. The first kappa shape index (κ1) is 17.0. The number of hydrogen-bond acceptors (Lipinski definition) is 7. The van der Waals surface area contributed by atoms with Gasteiger partial charge in [0.15, 0.2) is 5.70 Å². The van der Waals surface area contributed by atoms with Gasteiger partial charge in [0.05, 0.1) is 21.5 Å². The van der Waals surface area contributed by atoms with Crippen molar-refractivity contribution in [2.24, 2.45) is 4.99 Å². The van der Waals surface area contributed by atoms with Gasteiger partial charge in [-0.15, -0.1) is 0 Å². The van der Waals surface area contributed by atoms with Gasteiger partial charge in [0.2, 0.25) is 5.90 Å². The molecule has 2 aromatic carbocycles. The fourth-order valence-electron chi connectivity index (χ4n) is 2.36. The van der Waals surface area contributed by atoms with Crippen LogP contribution in [0.15, 0.2) is 53.2 Å². The number of ether oxygens (including phenoxy) is 1. The number of non-ortho nitro benzene ring substituents is 2. The molecule has 3 rings (SSSR count). The second-order valence-corrected chi connectivity index (χ2v) is 5.44. The monoisotopic (exact) mass is 353 g/mol. The standard InChI is InChI=1S/C17H11N3O6/c1-10-4-2-3-5-11(10)8-15-17(21)26-16(18-15)12-6-13(19(22)23)9-14(7-12)20(24)25/h2-9H,1H3. The zero-order valence-electron chi connectivity index (χ0n) is 13.4. The van der Waals surface area contributed by atoms with Crippen LogP contribution < -0.4 is 0 Å². The molecule has 0 amide bonds. The van der Waals surface area contributed by atoms with E-state index in [-0.39, 0.29) is 17.2 Å². The van der Waals surface area contributed by atoms with Crippen LogP contribution in [-0.2, 0) is 9.53 Å². The Bertz CT molecular complexity index is 977. The van der Waals surface area contributed by atoms with E-state index >= 15 is 0 Å². The number of nitrogens with zero attached hydrogens (tertiary/aromatic N) is 3. The molecule has 0 spiro atoms. The fourth-order valence-corrected chi connectivity index (χ4v) is 2.36. The summed E-state index contributed by atoms with van der Waals surface area (Å²) in [7, 11) is 0. The Morgan fingerprint density at radius 1 is 1.04 bits per heavy atom. The Labute approximate surface area is 146 Å². The van der Waals surface area contributed by atoms with Crippen molar-refractivity contribution < 1.29 is 19.4 Å². The van der Waals surface area contributed by atoms with E-state index < -0.39 is 27.2 Å². The number of aryl methyl sites for hydroxylation is 1. The molecule has 0 saturated heterocycles. The van der Waals surface area contributed by atoms with E-state index in [4.69, 9.17) is 4.74 Å². The van der Waals surface area contributed by atoms with Gasteiger partial charge in [0.25, 0.3) is 11.4 Å². The van der Waals surface area contributed by atoms with Crippen molar-refractivity contribution >= 4 is 29.3 Å². The molecular weight excluding hydrogens is 342 g/mol.